The fourth-order valence-electron chi connectivity index (χ4n) is 1.11. The van der Waals surface area contributed by atoms with Crippen molar-refractivity contribution in [2.75, 3.05) is 13.2 Å². The van der Waals surface area contributed by atoms with Crippen molar-refractivity contribution in [1.29, 1.82) is 0 Å². The largest absolute Gasteiger partial charge is 0.394 e. The Morgan fingerprint density at radius 2 is 2.21 bits per heavy atom. The van der Waals surface area contributed by atoms with Crippen LogP contribution in [0.2, 0.25) is 0 Å². The molecule has 0 amide bonds. The molecule has 0 atom stereocenters. The van der Waals surface area contributed by atoms with E-state index in [0.717, 1.165) is 4.88 Å². The Bertz CT molecular complexity index is 239. The number of hydrogen-bond acceptors (Lipinski definition) is 5. The summed E-state index contributed by atoms with van der Waals surface area (Å²) < 4.78 is 0. The minimum atomic E-state index is -0.565. The summed E-state index contributed by atoms with van der Waals surface area (Å²) >= 11 is 1.56. The zero-order chi connectivity index (χ0) is 10.4. The lowest BCUT2D eigenvalue weighted by Crippen LogP contribution is -2.50. The Balaban J connectivity index is 2.48. The lowest BCUT2D eigenvalue weighted by Gasteiger charge is -2.29. The first-order chi connectivity index (χ1) is 6.76. The number of thiazole rings is 1. The smallest absolute Gasteiger partial charge is 0.0794 e. The molecule has 0 saturated heterocycles. The van der Waals surface area contributed by atoms with Crippen LogP contribution in [0, 0.1) is 0 Å². The summed E-state index contributed by atoms with van der Waals surface area (Å²) in [6, 6.07) is 0. The molecule has 0 unspecified atom stereocenters. The molecule has 0 aliphatic heterocycles. The van der Waals surface area contributed by atoms with Crippen LogP contribution in [0.15, 0.2) is 11.7 Å². The first-order valence-electron chi connectivity index (χ1n) is 4.60. The van der Waals surface area contributed by atoms with Crippen LogP contribution in [0.4, 0.5) is 0 Å². The van der Waals surface area contributed by atoms with E-state index >= 15 is 0 Å². The van der Waals surface area contributed by atoms with E-state index in [-0.39, 0.29) is 13.2 Å². The normalized spacial score (nSPS) is 11.9. The van der Waals surface area contributed by atoms with E-state index in [1.54, 1.807) is 23.0 Å². The van der Waals surface area contributed by atoms with Crippen LogP contribution in [0.25, 0.3) is 0 Å². The molecule has 1 aromatic heterocycles. The maximum absolute atomic E-state index is 9.17. The van der Waals surface area contributed by atoms with Crippen molar-refractivity contribution in [3.05, 3.63) is 16.6 Å². The lowest BCUT2D eigenvalue weighted by atomic mass is 9.98. The number of hydrogen-bond donors (Lipinski definition) is 3. The lowest BCUT2D eigenvalue weighted by molar-refractivity contribution is 0.0866. The van der Waals surface area contributed by atoms with Gasteiger partial charge >= 0.3 is 0 Å². The minimum Gasteiger partial charge on any atom is -0.394 e. The molecule has 1 aromatic rings. The minimum absolute atomic E-state index is 0.0567. The second kappa shape index (κ2) is 5.41. The van der Waals surface area contributed by atoms with Crippen LogP contribution < -0.4 is 5.32 Å². The highest BCUT2D eigenvalue weighted by molar-refractivity contribution is 7.09. The van der Waals surface area contributed by atoms with Gasteiger partial charge in [-0.2, -0.15) is 0 Å². The van der Waals surface area contributed by atoms with E-state index in [4.69, 9.17) is 0 Å². The van der Waals surface area contributed by atoms with E-state index in [1.807, 2.05) is 6.92 Å². The van der Waals surface area contributed by atoms with Crippen LogP contribution in [-0.2, 0) is 6.54 Å². The molecule has 0 aliphatic rings. The van der Waals surface area contributed by atoms with Gasteiger partial charge in [0.1, 0.15) is 0 Å². The van der Waals surface area contributed by atoms with Crippen LogP contribution in [-0.4, -0.2) is 33.9 Å². The van der Waals surface area contributed by atoms with E-state index in [0.29, 0.717) is 13.0 Å². The number of nitrogens with zero attached hydrogens (tertiary/aromatic N) is 1. The third-order valence-corrected chi connectivity index (χ3v) is 3.18. The third kappa shape index (κ3) is 2.75. The Morgan fingerprint density at radius 3 is 2.64 bits per heavy atom. The van der Waals surface area contributed by atoms with Gasteiger partial charge in [-0.15, -0.1) is 11.3 Å². The Labute approximate surface area is 87.6 Å². The van der Waals surface area contributed by atoms with Gasteiger partial charge in [-0.25, -0.2) is 0 Å². The number of nitrogens with one attached hydrogen (secondary N) is 1. The second-order valence-corrected chi connectivity index (χ2v) is 4.24. The number of aliphatic hydroxyl groups excluding tert-OH is 2. The monoisotopic (exact) mass is 216 g/mol. The maximum atomic E-state index is 9.17. The second-order valence-electron chi connectivity index (χ2n) is 3.27. The highest BCUT2D eigenvalue weighted by atomic mass is 32.1. The van der Waals surface area contributed by atoms with Crippen molar-refractivity contribution in [2.45, 2.75) is 25.4 Å². The van der Waals surface area contributed by atoms with Crippen LogP contribution >= 0.6 is 11.3 Å². The van der Waals surface area contributed by atoms with Crippen LogP contribution in [0.5, 0.6) is 0 Å². The van der Waals surface area contributed by atoms with Crippen molar-refractivity contribution < 1.29 is 10.2 Å². The molecule has 1 rings (SSSR count). The molecule has 80 valence electrons. The topological polar surface area (TPSA) is 65.4 Å². The average molecular weight is 216 g/mol. The van der Waals surface area contributed by atoms with Gasteiger partial charge in [0, 0.05) is 17.6 Å². The number of aliphatic hydroxyl groups is 2. The standard InChI is InChI=1S/C9H16N2O2S/c1-2-9(5-12,6-13)11-4-8-3-10-7-14-8/h3,7,11-13H,2,4-6H2,1H3. The molecule has 14 heavy (non-hydrogen) atoms. The van der Waals surface area contributed by atoms with Gasteiger partial charge in [0.05, 0.1) is 24.3 Å². The molecular weight excluding hydrogens is 200 g/mol. The Kier molecular flexibility index (Phi) is 4.47. The molecule has 0 saturated carbocycles. The molecule has 0 bridgehead atoms. The molecule has 0 fully saturated rings. The van der Waals surface area contributed by atoms with Crippen LogP contribution in [0.3, 0.4) is 0 Å². The fourth-order valence-corrected chi connectivity index (χ4v) is 1.65. The predicted octanol–water partition coefficient (Wildman–Crippen LogP) is 0.366. The van der Waals surface area contributed by atoms with Crippen molar-refractivity contribution in [3.8, 4) is 0 Å². The van der Waals surface area contributed by atoms with Gasteiger partial charge in [-0.3, -0.25) is 4.98 Å². The molecule has 0 spiro atoms. The van der Waals surface area contributed by atoms with Gasteiger partial charge in [0.25, 0.3) is 0 Å². The summed E-state index contributed by atoms with van der Waals surface area (Å²) in [5.74, 6) is 0. The van der Waals surface area contributed by atoms with Gasteiger partial charge < -0.3 is 15.5 Å². The summed E-state index contributed by atoms with van der Waals surface area (Å²) in [7, 11) is 0. The first-order valence-corrected chi connectivity index (χ1v) is 5.48. The Hall–Kier alpha value is -0.490. The van der Waals surface area contributed by atoms with Crippen molar-refractivity contribution in [2.24, 2.45) is 0 Å². The molecule has 0 aliphatic carbocycles. The fraction of sp³-hybridized carbons (Fsp3) is 0.667. The molecule has 3 N–H and O–H groups in total. The first kappa shape index (κ1) is 11.6. The van der Waals surface area contributed by atoms with E-state index in [9.17, 15) is 10.2 Å². The highest BCUT2D eigenvalue weighted by Gasteiger charge is 2.25. The van der Waals surface area contributed by atoms with Gasteiger partial charge in [0.15, 0.2) is 0 Å². The highest BCUT2D eigenvalue weighted by Crippen LogP contribution is 2.11. The van der Waals surface area contributed by atoms with Gasteiger partial charge in [-0.05, 0) is 6.42 Å². The predicted molar refractivity (Wildman–Crippen MR) is 56.1 cm³/mol. The quantitative estimate of drug-likeness (QED) is 0.642. The van der Waals surface area contributed by atoms with Crippen molar-refractivity contribution in [3.63, 3.8) is 0 Å². The zero-order valence-corrected chi connectivity index (χ0v) is 9.05. The molecule has 5 heteroatoms. The SMILES string of the molecule is CCC(CO)(CO)NCc1cncs1. The summed E-state index contributed by atoms with van der Waals surface area (Å²) in [4.78, 5) is 5.06. The maximum Gasteiger partial charge on any atom is 0.0794 e. The molecule has 0 radical (unpaired) electrons. The van der Waals surface area contributed by atoms with Crippen molar-refractivity contribution >= 4 is 11.3 Å². The Morgan fingerprint density at radius 1 is 1.50 bits per heavy atom. The summed E-state index contributed by atoms with van der Waals surface area (Å²) in [5.41, 5.74) is 1.20. The molecular formula is C9H16N2O2S. The average Bonchev–Trinajstić information content (AvgIpc) is 2.74. The summed E-state index contributed by atoms with van der Waals surface area (Å²) in [5, 5.41) is 21.5. The number of rotatable bonds is 6. The van der Waals surface area contributed by atoms with Gasteiger partial charge in [-0.1, -0.05) is 6.92 Å². The van der Waals surface area contributed by atoms with Crippen molar-refractivity contribution in [1.82, 2.24) is 10.3 Å². The third-order valence-electron chi connectivity index (χ3n) is 2.40. The number of aromatic nitrogens is 1. The van der Waals surface area contributed by atoms with E-state index < -0.39 is 5.54 Å². The summed E-state index contributed by atoms with van der Waals surface area (Å²) in [6.07, 6.45) is 2.48. The molecule has 1 heterocycles. The van der Waals surface area contributed by atoms with E-state index in [1.165, 1.54) is 0 Å². The van der Waals surface area contributed by atoms with E-state index in [2.05, 4.69) is 10.3 Å². The van der Waals surface area contributed by atoms with Gasteiger partial charge in [0.2, 0.25) is 0 Å². The van der Waals surface area contributed by atoms with Crippen LogP contribution in [0.1, 0.15) is 18.2 Å². The zero-order valence-electron chi connectivity index (χ0n) is 8.23. The molecule has 4 nitrogen and oxygen atoms in total. The summed E-state index contributed by atoms with van der Waals surface area (Å²) in [6.45, 7) is 2.46. The molecule has 0 aromatic carbocycles.